The first-order valence-electron chi connectivity index (χ1n) is 4.93. The Morgan fingerprint density at radius 1 is 1.69 bits per heavy atom. The van der Waals surface area contributed by atoms with Crippen LogP contribution in [-0.4, -0.2) is 21.2 Å². The van der Waals surface area contributed by atoms with Crippen LogP contribution in [0.4, 0.5) is 0 Å². The zero-order valence-corrected chi connectivity index (χ0v) is 7.90. The maximum absolute atomic E-state index is 9.84. The number of nitrogens with one attached hydrogen (secondary N) is 1. The van der Waals surface area contributed by atoms with Crippen LogP contribution in [0.2, 0.25) is 0 Å². The van der Waals surface area contributed by atoms with Gasteiger partial charge < -0.3 is 10.1 Å². The minimum absolute atomic E-state index is 0.237. The molecule has 13 heavy (non-hydrogen) atoms. The Hall–Kier alpha value is -0.830. The monoisotopic (exact) mass is 180 g/mol. The van der Waals surface area contributed by atoms with Crippen molar-refractivity contribution in [2.24, 2.45) is 11.8 Å². The summed E-state index contributed by atoms with van der Waals surface area (Å²) in [6, 6.07) is 0. The van der Waals surface area contributed by atoms with Crippen molar-refractivity contribution in [1.29, 1.82) is 0 Å². The summed E-state index contributed by atoms with van der Waals surface area (Å²) in [5, 5.41) is 9.84. The number of hydrogen-bond donors (Lipinski definition) is 2. The molecule has 1 fully saturated rings. The van der Waals surface area contributed by atoms with Gasteiger partial charge in [0, 0.05) is 18.8 Å². The van der Waals surface area contributed by atoms with Gasteiger partial charge in [0.2, 0.25) is 0 Å². The van der Waals surface area contributed by atoms with Crippen molar-refractivity contribution in [1.82, 2.24) is 9.97 Å². The van der Waals surface area contributed by atoms with Crippen molar-refractivity contribution in [2.45, 2.75) is 32.3 Å². The van der Waals surface area contributed by atoms with Crippen LogP contribution in [0.3, 0.4) is 0 Å². The van der Waals surface area contributed by atoms with Crippen LogP contribution in [0.5, 0.6) is 0 Å². The summed E-state index contributed by atoms with van der Waals surface area (Å²) in [5.74, 6) is 2.06. The fraction of sp³-hybridized carbons (Fsp3) is 0.700. The van der Waals surface area contributed by atoms with E-state index in [1.54, 1.807) is 12.4 Å². The molecule has 3 heteroatoms. The molecule has 1 aromatic heterocycles. The van der Waals surface area contributed by atoms with E-state index >= 15 is 0 Å². The Morgan fingerprint density at radius 2 is 2.46 bits per heavy atom. The number of aromatic amines is 1. The van der Waals surface area contributed by atoms with Gasteiger partial charge in [-0.05, 0) is 24.7 Å². The molecule has 2 N–H and O–H groups in total. The molecule has 1 aliphatic rings. The third kappa shape index (κ3) is 2.10. The second-order valence-corrected chi connectivity index (χ2v) is 4.00. The molecule has 1 heterocycles. The minimum atomic E-state index is -0.237. The molecule has 2 unspecified atom stereocenters. The van der Waals surface area contributed by atoms with Gasteiger partial charge in [0.1, 0.15) is 5.82 Å². The van der Waals surface area contributed by atoms with E-state index in [1.165, 1.54) is 12.8 Å². The predicted molar refractivity (Wildman–Crippen MR) is 50.2 cm³/mol. The largest absolute Gasteiger partial charge is 0.392 e. The van der Waals surface area contributed by atoms with Gasteiger partial charge in [0.05, 0.1) is 6.10 Å². The SMILES string of the molecule is CC(C(O)Cc1ncc[nH]1)C1CC1. The normalized spacial score (nSPS) is 21.4. The van der Waals surface area contributed by atoms with Crippen molar-refractivity contribution in [3.05, 3.63) is 18.2 Å². The Kier molecular flexibility index (Phi) is 2.36. The summed E-state index contributed by atoms with van der Waals surface area (Å²) in [4.78, 5) is 7.11. The molecule has 0 saturated heterocycles. The van der Waals surface area contributed by atoms with Gasteiger partial charge >= 0.3 is 0 Å². The van der Waals surface area contributed by atoms with Gasteiger partial charge in [0.15, 0.2) is 0 Å². The highest BCUT2D eigenvalue weighted by Crippen LogP contribution is 2.38. The molecule has 0 aromatic carbocycles. The molecule has 0 spiro atoms. The van der Waals surface area contributed by atoms with Gasteiger partial charge in [0.25, 0.3) is 0 Å². The van der Waals surface area contributed by atoms with E-state index in [0.29, 0.717) is 12.3 Å². The number of aromatic nitrogens is 2. The number of nitrogens with zero attached hydrogens (tertiary/aromatic N) is 1. The van der Waals surface area contributed by atoms with Crippen molar-refractivity contribution in [3.8, 4) is 0 Å². The molecule has 1 saturated carbocycles. The lowest BCUT2D eigenvalue weighted by Crippen LogP contribution is -2.22. The molecule has 72 valence electrons. The fourth-order valence-electron chi connectivity index (χ4n) is 1.73. The lowest BCUT2D eigenvalue weighted by atomic mass is 9.97. The Bertz CT molecular complexity index is 254. The van der Waals surface area contributed by atoms with E-state index in [-0.39, 0.29) is 6.10 Å². The second-order valence-electron chi connectivity index (χ2n) is 4.00. The molecule has 3 nitrogen and oxygen atoms in total. The van der Waals surface area contributed by atoms with Crippen molar-refractivity contribution in [3.63, 3.8) is 0 Å². The number of aliphatic hydroxyl groups excluding tert-OH is 1. The number of hydrogen-bond acceptors (Lipinski definition) is 2. The summed E-state index contributed by atoms with van der Waals surface area (Å²) in [6.07, 6.45) is 6.52. The summed E-state index contributed by atoms with van der Waals surface area (Å²) in [6.45, 7) is 2.13. The van der Waals surface area contributed by atoms with Gasteiger partial charge in [-0.2, -0.15) is 0 Å². The van der Waals surface area contributed by atoms with Gasteiger partial charge in [-0.15, -0.1) is 0 Å². The van der Waals surface area contributed by atoms with E-state index in [1.807, 2.05) is 0 Å². The topological polar surface area (TPSA) is 48.9 Å². The first-order chi connectivity index (χ1) is 6.27. The van der Waals surface area contributed by atoms with Gasteiger partial charge in [-0.25, -0.2) is 4.98 Å². The zero-order chi connectivity index (χ0) is 9.26. The molecule has 0 amide bonds. The molecule has 0 bridgehead atoms. The van der Waals surface area contributed by atoms with Crippen molar-refractivity contribution >= 4 is 0 Å². The molecule has 2 atom stereocenters. The van der Waals surface area contributed by atoms with E-state index in [4.69, 9.17) is 0 Å². The minimum Gasteiger partial charge on any atom is -0.392 e. The van der Waals surface area contributed by atoms with E-state index in [2.05, 4.69) is 16.9 Å². The third-order valence-electron chi connectivity index (χ3n) is 2.93. The summed E-state index contributed by atoms with van der Waals surface area (Å²) < 4.78 is 0. The van der Waals surface area contributed by atoms with E-state index in [9.17, 15) is 5.11 Å². The maximum Gasteiger partial charge on any atom is 0.108 e. The molecular formula is C10H16N2O. The van der Waals surface area contributed by atoms with Crippen molar-refractivity contribution < 1.29 is 5.11 Å². The number of rotatable bonds is 4. The average Bonchev–Trinajstić information content (AvgIpc) is 2.85. The number of H-pyrrole nitrogens is 1. The highest BCUT2D eigenvalue weighted by molar-refractivity contribution is 4.92. The van der Waals surface area contributed by atoms with Crippen LogP contribution >= 0.6 is 0 Å². The molecule has 1 aromatic rings. The van der Waals surface area contributed by atoms with Crippen LogP contribution in [0.15, 0.2) is 12.4 Å². The fourth-order valence-corrected chi connectivity index (χ4v) is 1.73. The highest BCUT2D eigenvalue weighted by Gasteiger charge is 2.32. The highest BCUT2D eigenvalue weighted by atomic mass is 16.3. The summed E-state index contributed by atoms with van der Waals surface area (Å²) in [5.41, 5.74) is 0. The number of aliphatic hydroxyl groups is 1. The third-order valence-corrected chi connectivity index (χ3v) is 2.93. The molecule has 0 radical (unpaired) electrons. The number of imidazole rings is 1. The molecule has 0 aliphatic heterocycles. The van der Waals surface area contributed by atoms with Crippen molar-refractivity contribution in [2.75, 3.05) is 0 Å². The smallest absolute Gasteiger partial charge is 0.108 e. The van der Waals surface area contributed by atoms with E-state index < -0.39 is 0 Å². The Labute approximate surface area is 78.2 Å². The van der Waals surface area contributed by atoms with Gasteiger partial charge in [-0.1, -0.05) is 6.92 Å². The Balaban J connectivity index is 1.86. The summed E-state index contributed by atoms with van der Waals surface area (Å²) >= 11 is 0. The second kappa shape index (κ2) is 3.50. The van der Waals surface area contributed by atoms with Crippen LogP contribution < -0.4 is 0 Å². The lowest BCUT2D eigenvalue weighted by Gasteiger charge is -2.16. The molecule has 2 rings (SSSR count). The quantitative estimate of drug-likeness (QED) is 0.735. The lowest BCUT2D eigenvalue weighted by molar-refractivity contribution is 0.103. The maximum atomic E-state index is 9.84. The molecular weight excluding hydrogens is 164 g/mol. The van der Waals surface area contributed by atoms with Crippen LogP contribution in [-0.2, 0) is 6.42 Å². The Morgan fingerprint density at radius 3 is 3.00 bits per heavy atom. The predicted octanol–water partition coefficient (Wildman–Crippen LogP) is 1.36. The van der Waals surface area contributed by atoms with Gasteiger partial charge in [-0.3, -0.25) is 0 Å². The van der Waals surface area contributed by atoms with E-state index in [0.717, 1.165) is 11.7 Å². The van der Waals surface area contributed by atoms with Crippen LogP contribution in [0.1, 0.15) is 25.6 Å². The zero-order valence-electron chi connectivity index (χ0n) is 7.90. The van der Waals surface area contributed by atoms with Crippen LogP contribution in [0, 0.1) is 11.8 Å². The standard InChI is InChI=1S/C10H16N2O/c1-7(8-2-3-8)9(13)6-10-11-4-5-12-10/h4-5,7-9,13H,2-3,6H2,1H3,(H,11,12). The average molecular weight is 180 g/mol. The summed E-state index contributed by atoms with van der Waals surface area (Å²) in [7, 11) is 0. The molecule has 1 aliphatic carbocycles. The first kappa shape index (κ1) is 8.75. The first-order valence-corrected chi connectivity index (χ1v) is 4.93. The van der Waals surface area contributed by atoms with Crippen LogP contribution in [0.25, 0.3) is 0 Å².